The van der Waals surface area contributed by atoms with Crippen molar-refractivity contribution in [2.45, 2.75) is 5.41 Å². The summed E-state index contributed by atoms with van der Waals surface area (Å²) >= 11 is 0. The Morgan fingerprint density at radius 1 is 0.322 bits per heavy atom. The highest BCUT2D eigenvalue weighted by atomic mass is 16.5. The predicted octanol–water partition coefficient (Wildman–Crippen LogP) is 15.4. The second-order valence-corrected chi connectivity index (χ2v) is 15.9. The second-order valence-electron chi connectivity index (χ2n) is 15.9. The molecule has 0 saturated carbocycles. The number of fused-ring (bicyclic) bond motifs is 9. The molecule has 1 aliphatic carbocycles. The molecule has 2 aliphatic rings. The number of benzene rings is 10. The van der Waals surface area contributed by atoms with Crippen molar-refractivity contribution in [1.29, 1.82) is 0 Å². The van der Waals surface area contributed by atoms with E-state index >= 15 is 0 Å². The van der Waals surface area contributed by atoms with Crippen molar-refractivity contribution in [3.8, 4) is 56.0 Å². The first-order chi connectivity index (χ1) is 29.2. The summed E-state index contributed by atoms with van der Waals surface area (Å²) in [6.07, 6.45) is 0. The zero-order valence-corrected chi connectivity index (χ0v) is 31.9. The van der Waals surface area contributed by atoms with Crippen LogP contribution >= 0.6 is 0 Å². The highest BCUT2D eigenvalue weighted by molar-refractivity contribution is 6.19. The van der Waals surface area contributed by atoms with Crippen molar-refractivity contribution in [1.82, 2.24) is 0 Å². The molecule has 0 unspecified atom stereocenters. The fourth-order valence-corrected chi connectivity index (χ4v) is 10.4. The van der Waals surface area contributed by atoms with E-state index in [1.165, 1.54) is 55.3 Å². The van der Waals surface area contributed by atoms with E-state index in [-0.39, 0.29) is 0 Å². The van der Waals surface area contributed by atoms with Crippen LogP contribution in [0.2, 0.25) is 0 Å². The number of hydrogen-bond acceptors (Lipinski definition) is 2. The third-order valence-electron chi connectivity index (χ3n) is 12.9. The van der Waals surface area contributed by atoms with Crippen molar-refractivity contribution >= 4 is 43.5 Å². The molecule has 2 nitrogen and oxygen atoms in total. The second kappa shape index (κ2) is 12.2. The molecule has 0 amide bonds. The number of furan rings is 1. The Morgan fingerprint density at radius 2 is 0.932 bits per heavy atom. The summed E-state index contributed by atoms with van der Waals surface area (Å²) in [4.78, 5) is 0. The minimum Gasteiger partial charge on any atom is -0.456 e. The van der Waals surface area contributed by atoms with Gasteiger partial charge in [-0.25, -0.2) is 0 Å². The summed E-state index contributed by atoms with van der Waals surface area (Å²) in [6.45, 7) is 0. The molecule has 1 aliphatic heterocycles. The Labute approximate surface area is 341 Å². The SMILES string of the molecule is c1ccc(C2(c3ccccc3)c3ccccc3-c3ccc(-c4ccc5c(c4)-c4cccc6c(-c7cccc8oc9cc%10ccccc%10cc9c78)ccc(c46)O5)cc32)cc1. The van der Waals surface area contributed by atoms with Crippen LogP contribution in [0.5, 0.6) is 11.5 Å². The molecular weight excluding hydrogens is 717 g/mol. The summed E-state index contributed by atoms with van der Waals surface area (Å²) in [5, 5.41) is 6.92. The van der Waals surface area contributed by atoms with Crippen LogP contribution in [-0.4, -0.2) is 0 Å². The van der Waals surface area contributed by atoms with Crippen LogP contribution in [0.3, 0.4) is 0 Å². The van der Waals surface area contributed by atoms with Gasteiger partial charge >= 0.3 is 0 Å². The maximum atomic E-state index is 6.77. The maximum absolute atomic E-state index is 6.77. The van der Waals surface area contributed by atoms with Gasteiger partial charge in [0.15, 0.2) is 0 Å². The molecule has 59 heavy (non-hydrogen) atoms. The highest BCUT2D eigenvalue weighted by Gasteiger charge is 2.46. The number of ether oxygens (including phenoxy) is 1. The summed E-state index contributed by atoms with van der Waals surface area (Å²) in [6, 6.07) is 75.0. The van der Waals surface area contributed by atoms with Crippen LogP contribution in [-0.2, 0) is 5.41 Å². The molecule has 0 spiro atoms. The quantitative estimate of drug-likeness (QED) is 0.179. The molecule has 2 heteroatoms. The van der Waals surface area contributed by atoms with E-state index in [0.717, 1.165) is 66.5 Å². The summed E-state index contributed by atoms with van der Waals surface area (Å²) in [5.74, 6) is 1.74. The van der Waals surface area contributed by atoms with Gasteiger partial charge in [-0.1, -0.05) is 164 Å². The van der Waals surface area contributed by atoms with Crippen LogP contribution < -0.4 is 4.74 Å². The molecule has 0 bridgehead atoms. The summed E-state index contributed by atoms with van der Waals surface area (Å²) in [7, 11) is 0. The Kier molecular flexibility index (Phi) is 6.68. The van der Waals surface area contributed by atoms with Gasteiger partial charge < -0.3 is 9.15 Å². The standard InChI is InChI=1S/C57H34O2/c1-3-15-39(16-4-1)57(40-17-5-2-6-18-40)49-23-10-9-19-42(49)43-27-25-38(33-50(43)57)37-26-29-51-47(31-37)46-21-11-20-44-41(28-30-53(58-51)55(44)46)45-22-12-24-52-56(45)48-32-35-13-7-8-14-36(35)34-54(48)59-52/h1-34H. The van der Waals surface area contributed by atoms with E-state index in [9.17, 15) is 0 Å². The van der Waals surface area contributed by atoms with E-state index in [0.29, 0.717) is 0 Å². The Balaban J connectivity index is 0.987. The van der Waals surface area contributed by atoms with Crippen molar-refractivity contribution in [2.75, 3.05) is 0 Å². The zero-order valence-electron chi connectivity index (χ0n) is 31.9. The van der Waals surface area contributed by atoms with Crippen molar-refractivity contribution in [3.63, 3.8) is 0 Å². The number of rotatable bonds is 4. The molecule has 0 atom stereocenters. The average Bonchev–Trinajstić information content (AvgIpc) is 3.82. The molecule has 2 heterocycles. The van der Waals surface area contributed by atoms with Crippen LogP contribution in [0, 0.1) is 0 Å². The van der Waals surface area contributed by atoms with Gasteiger partial charge in [0.25, 0.3) is 0 Å². The molecule has 0 fully saturated rings. The molecule has 0 radical (unpaired) electrons. The lowest BCUT2D eigenvalue weighted by molar-refractivity contribution is 0.487. The first-order valence-electron chi connectivity index (χ1n) is 20.3. The van der Waals surface area contributed by atoms with Gasteiger partial charge in [0.05, 0.1) is 5.41 Å². The van der Waals surface area contributed by atoms with Crippen molar-refractivity contribution in [2.24, 2.45) is 0 Å². The monoisotopic (exact) mass is 750 g/mol. The van der Waals surface area contributed by atoms with Gasteiger partial charge in [0.1, 0.15) is 22.7 Å². The predicted molar refractivity (Wildman–Crippen MR) is 242 cm³/mol. The third-order valence-corrected chi connectivity index (χ3v) is 12.9. The van der Waals surface area contributed by atoms with Gasteiger partial charge in [-0.05, 0) is 120 Å². The van der Waals surface area contributed by atoms with Crippen LogP contribution in [0.4, 0.5) is 0 Å². The fraction of sp³-hybridized carbons (Fsp3) is 0.0175. The Hall–Kier alpha value is -7.68. The van der Waals surface area contributed by atoms with E-state index in [1.807, 2.05) is 0 Å². The van der Waals surface area contributed by atoms with Crippen molar-refractivity contribution < 1.29 is 9.15 Å². The van der Waals surface area contributed by atoms with Crippen molar-refractivity contribution in [3.05, 3.63) is 229 Å². The molecule has 274 valence electrons. The highest BCUT2D eigenvalue weighted by Crippen LogP contribution is 2.57. The van der Waals surface area contributed by atoms with Gasteiger partial charge in [-0.3, -0.25) is 0 Å². The molecule has 0 N–H and O–H groups in total. The summed E-state index contributed by atoms with van der Waals surface area (Å²) < 4.78 is 13.3. The third kappa shape index (κ3) is 4.51. The zero-order chi connectivity index (χ0) is 38.7. The fourth-order valence-electron chi connectivity index (χ4n) is 10.4. The normalized spacial score (nSPS) is 13.4. The Bertz CT molecular complexity index is 3480. The van der Waals surface area contributed by atoms with Gasteiger partial charge in [-0.15, -0.1) is 0 Å². The van der Waals surface area contributed by atoms with Crippen LogP contribution in [0.25, 0.3) is 88.0 Å². The smallest absolute Gasteiger partial charge is 0.136 e. The lowest BCUT2D eigenvalue weighted by atomic mass is 9.67. The molecular formula is C57H34O2. The molecule has 10 aromatic carbocycles. The lowest BCUT2D eigenvalue weighted by Crippen LogP contribution is -2.28. The van der Waals surface area contributed by atoms with E-state index in [1.54, 1.807) is 0 Å². The van der Waals surface area contributed by atoms with Crippen LogP contribution in [0.1, 0.15) is 22.3 Å². The molecule has 0 saturated heterocycles. The minimum absolute atomic E-state index is 0.459. The van der Waals surface area contributed by atoms with Gasteiger partial charge in [0, 0.05) is 21.7 Å². The lowest BCUT2D eigenvalue weighted by Gasteiger charge is -2.34. The van der Waals surface area contributed by atoms with Crippen LogP contribution in [0.15, 0.2) is 211 Å². The number of hydrogen-bond donors (Lipinski definition) is 0. The average molecular weight is 751 g/mol. The summed E-state index contributed by atoms with van der Waals surface area (Å²) in [5.41, 5.74) is 15.9. The minimum atomic E-state index is -0.459. The Morgan fingerprint density at radius 3 is 1.75 bits per heavy atom. The molecule has 1 aromatic heterocycles. The largest absolute Gasteiger partial charge is 0.456 e. The first kappa shape index (κ1) is 32.4. The first-order valence-corrected chi connectivity index (χ1v) is 20.3. The van der Waals surface area contributed by atoms with E-state index in [4.69, 9.17) is 9.15 Å². The maximum Gasteiger partial charge on any atom is 0.136 e. The van der Waals surface area contributed by atoms with E-state index in [2.05, 4.69) is 206 Å². The molecule has 11 aromatic rings. The molecule has 13 rings (SSSR count). The van der Waals surface area contributed by atoms with E-state index < -0.39 is 5.41 Å². The topological polar surface area (TPSA) is 22.4 Å². The van der Waals surface area contributed by atoms with Gasteiger partial charge in [-0.2, -0.15) is 0 Å². The van der Waals surface area contributed by atoms with Gasteiger partial charge in [0.2, 0.25) is 0 Å².